The summed E-state index contributed by atoms with van der Waals surface area (Å²) < 4.78 is 7.94. The Hall–Kier alpha value is -2.05. The first-order valence-electron chi connectivity index (χ1n) is 6.92. The molecule has 2 heterocycles. The Morgan fingerprint density at radius 1 is 1.19 bits per heavy atom. The Morgan fingerprint density at radius 2 is 1.95 bits per heavy atom. The van der Waals surface area contributed by atoms with E-state index >= 15 is 0 Å². The Labute approximate surface area is 123 Å². The maximum Gasteiger partial charge on any atom is 0.202 e. The number of aromatic nitrogens is 2. The largest absolute Gasteiger partial charge is 0.460 e. The van der Waals surface area contributed by atoms with Gasteiger partial charge >= 0.3 is 0 Å². The van der Waals surface area contributed by atoms with Crippen LogP contribution in [0.15, 0.2) is 22.6 Å². The second-order valence-corrected chi connectivity index (χ2v) is 5.91. The van der Waals surface area contributed by atoms with Gasteiger partial charge in [0.2, 0.25) is 5.95 Å². The minimum atomic E-state index is 0.529. The first-order chi connectivity index (χ1) is 9.95. The van der Waals surface area contributed by atoms with Crippen molar-refractivity contribution in [3.63, 3.8) is 0 Å². The third kappa shape index (κ3) is 2.48. The zero-order valence-electron chi connectivity index (χ0n) is 12.9. The number of benzene rings is 1. The molecule has 0 aliphatic heterocycles. The van der Waals surface area contributed by atoms with Gasteiger partial charge in [-0.05, 0) is 46.4 Å². The van der Waals surface area contributed by atoms with Crippen LogP contribution in [0.4, 0.5) is 5.95 Å². The standard InChI is InChI=1S/C15H21N5O/c1-18(2)8-10-7-11-13(21-10)6-5-12-14(11)20(9-19(3)4)15(16)17-12/h5-7H,8-9H2,1-4H3,(H2,16,17). The molecule has 0 bridgehead atoms. The molecule has 0 saturated heterocycles. The van der Waals surface area contributed by atoms with Crippen LogP contribution in [0.3, 0.4) is 0 Å². The summed E-state index contributed by atoms with van der Waals surface area (Å²) in [5.41, 5.74) is 8.88. The zero-order chi connectivity index (χ0) is 15.1. The second-order valence-electron chi connectivity index (χ2n) is 5.91. The summed E-state index contributed by atoms with van der Waals surface area (Å²) >= 11 is 0. The van der Waals surface area contributed by atoms with Crippen LogP contribution in [0, 0.1) is 0 Å². The SMILES string of the molecule is CN(C)Cc1cc2c(ccc3nc(N)n(CN(C)C)c32)o1. The number of nitrogen functional groups attached to an aromatic ring is 1. The van der Waals surface area contributed by atoms with Crippen LogP contribution in [0.25, 0.3) is 22.0 Å². The summed E-state index contributed by atoms with van der Waals surface area (Å²) in [7, 11) is 8.07. The molecule has 2 aromatic heterocycles. The van der Waals surface area contributed by atoms with E-state index in [0.29, 0.717) is 12.6 Å². The number of anilines is 1. The fraction of sp³-hybridized carbons (Fsp3) is 0.400. The van der Waals surface area contributed by atoms with Gasteiger partial charge in [0.05, 0.1) is 24.2 Å². The van der Waals surface area contributed by atoms with Crippen molar-refractivity contribution in [2.24, 2.45) is 0 Å². The lowest BCUT2D eigenvalue weighted by Gasteiger charge is -2.12. The summed E-state index contributed by atoms with van der Waals surface area (Å²) in [6.07, 6.45) is 0. The van der Waals surface area contributed by atoms with E-state index < -0.39 is 0 Å². The number of hydrogen-bond donors (Lipinski definition) is 1. The molecule has 0 saturated carbocycles. The number of furan rings is 1. The van der Waals surface area contributed by atoms with Crippen LogP contribution in [0.5, 0.6) is 0 Å². The Morgan fingerprint density at radius 3 is 2.62 bits per heavy atom. The fourth-order valence-electron chi connectivity index (χ4n) is 2.63. The van der Waals surface area contributed by atoms with Gasteiger partial charge in [0.25, 0.3) is 0 Å². The Bertz CT molecular complexity index is 784. The van der Waals surface area contributed by atoms with E-state index in [1.54, 1.807) is 0 Å². The highest BCUT2D eigenvalue weighted by molar-refractivity contribution is 6.03. The molecule has 0 amide bonds. The molecule has 0 spiro atoms. The lowest BCUT2D eigenvalue weighted by molar-refractivity contribution is 0.335. The Kier molecular flexibility index (Phi) is 3.35. The first-order valence-corrected chi connectivity index (χ1v) is 6.92. The molecule has 0 unspecified atom stereocenters. The van der Waals surface area contributed by atoms with Crippen molar-refractivity contribution in [1.29, 1.82) is 0 Å². The maximum absolute atomic E-state index is 6.07. The number of nitrogens with two attached hydrogens (primary N) is 1. The second kappa shape index (κ2) is 5.05. The third-order valence-corrected chi connectivity index (χ3v) is 3.38. The molecule has 2 N–H and O–H groups in total. The predicted octanol–water partition coefficient (Wildman–Crippen LogP) is 1.95. The summed E-state index contributed by atoms with van der Waals surface area (Å²) in [5, 5.41) is 1.07. The van der Waals surface area contributed by atoms with Gasteiger partial charge in [0.1, 0.15) is 11.3 Å². The quantitative estimate of drug-likeness (QED) is 0.794. The van der Waals surface area contributed by atoms with Crippen LogP contribution in [-0.2, 0) is 13.2 Å². The van der Waals surface area contributed by atoms with Crippen LogP contribution in [-0.4, -0.2) is 47.5 Å². The summed E-state index contributed by atoms with van der Waals surface area (Å²) in [4.78, 5) is 8.60. The van der Waals surface area contributed by atoms with E-state index in [4.69, 9.17) is 10.2 Å². The van der Waals surface area contributed by atoms with Crippen molar-refractivity contribution >= 4 is 28.0 Å². The van der Waals surface area contributed by atoms with Crippen LogP contribution < -0.4 is 5.73 Å². The van der Waals surface area contributed by atoms with Crippen molar-refractivity contribution in [3.8, 4) is 0 Å². The average Bonchev–Trinajstić information content (AvgIpc) is 2.89. The van der Waals surface area contributed by atoms with E-state index in [1.165, 1.54) is 0 Å². The van der Waals surface area contributed by atoms with Crippen molar-refractivity contribution in [2.75, 3.05) is 33.9 Å². The molecule has 21 heavy (non-hydrogen) atoms. The summed E-state index contributed by atoms with van der Waals surface area (Å²) in [6, 6.07) is 6.01. The molecule has 1 aromatic carbocycles. The minimum absolute atomic E-state index is 0.529. The van der Waals surface area contributed by atoms with Gasteiger partial charge in [-0.3, -0.25) is 9.47 Å². The van der Waals surface area contributed by atoms with Gasteiger partial charge in [0, 0.05) is 5.39 Å². The topological polar surface area (TPSA) is 63.5 Å². The lowest BCUT2D eigenvalue weighted by atomic mass is 10.2. The molecule has 3 rings (SSSR count). The molecular formula is C15H21N5O. The molecule has 6 heteroatoms. The van der Waals surface area contributed by atoms with Gasteiger partial charge in [-0.15, -0.1) is 0 Å². The van der Waals surface area contributed by atoms with Crippen molar-refractivity contribution in [2.45, 2.75) is 13.2 Å². The smallest absolute Gasteiger partial charge is 0.202 e. The third-order valence-electron chi connectivity index (χ3n) is 3.38. The predicted molar refractivity (Wildman–Crippen MR) is 85.0 cm³/mol. The van der Waals surface area contributed by atoms with Gasteiger partial charge in [-0.1, -0.05) is 0 Å². The molecule has 0 aliphatic carbocycles. The highest BCUT2D eigenvalue weighted by Gasteiger charge is 2.15. The number of fused-ring (bicyclic) bond motifs is 3. The highest BCUT2D eigenvalue weighted by atomic mass is 16.3. The van der Waals surface area contributed by atoms with Gasteiger partial charge in [-0.25, -0.2) is 4.98 Å². The molecule has 112 valence electrons. The molecule has 0 atom stereocenters. The summed E-state index contributed by atoms with van der Waals surface area (Å²) in [6.45, 7) is 1.46. The van der Waals surface area contributed by atoms with Crippen LogP contribution in [0.2, 0.25) is 0 Å². The molecule has 0 fully saturated rings. The van der Waals surface area contributed by atoms with Crippen molar-refractivity contribution in [3.05, 3.63) is 24.0 Å². The maximum atomic E-state index is 6.07. The van der Waals surface area contributed by atoms with Crippen molar-refractivity contribution < 1.29 is 4.42 Å². The molecular weight excluding hydrogens is 266 g/mol. The van der Waals surface area contributed by atoms with E-state index in [-0.39, 0.29) is 0 Å². The normalized spacial score (nSPS) is 12.3. The lowest BCUT2D eigenvalue weighted by Crippen LogP contribution is -2.18. The molecule has 0 aliphatic rings. The summed E-state index contributed by atoms with van der Waals surface area (Å²) in [5.74, 6) is 1.47. The number of imidazole rings is 1. The number of hydrogen-bond acceptors (Lipinski definition) is 5. The van der Waals surface area contributed by atoms with Crippen molar-refractivity contribution in [1.82, 2.24) is 19.4 Å². The van der Waals surface area contributed by atoms with Crippen LogP contribution >= 0.6 is 0 Å². The van der Waals surface area contributed by atoms with E-state index in [0.717, 1.165) is 34.3 Å². The van der Waals surface area contributed by atoms with Crippen LogP contribution in [0.1, 0.15) is 5.76 Å². The fourth-order valence-corrected chi connectivity index (χ4v) is 2.63. The van der Waals surface area contributed by atoms with Gasteiger partial charge in [-0.2, -0.15) is 0 Å². The monoisotopic (exact) mass is 287 g/mol. The molecule has 3 aromatic rings. The zero-order valence-corrected chi connectivity index (χ0v) is 12.9. The van der Waals surface area contributed by atoms with E-state index in [9.17, 15) is 0 Å². The first kappa shape index (κ1) is 13.9. The number of rotatable bonds is 4. The highest BCUT2D eigenvalue weighted by Crippen LogP contribution is 2.30. The molecule has 0 radical (unpaired) electrons. The van der Waals surface area contributed by atoms with Gasteiger partial charge < -0.3 is 15.1 Å². The van der Waals surface area contributed by atoms with Gasteiger partial charge in [0.15, 0.2) is 0 Å². The van der Waals surface area contributed by atoms with E-state index in [1.807, 2.05) is 44.9 Å². The Balaban J connectivity index is 2.22. The minimum Gasteiger partial charge on any atom is -0.460 e. The average molecular weight is 287 g/mol. The molecule has 6 nitrogen and oxygen atoms in total. The van der Waals surface area contributed by atoms with E-state index in [2.05, 4.69) is 20.9 Å². The number of nitrogens with zero attached hydrogens (tertiary/aromatic N) is 4.